The molecule has 2 saturated heterocycles. The number of anilines is 1. The van der Waals surface area contributed by atoms with Crippen molar-refractivity contribution >= 4 is 22.5 Å². The maximum absolute atomic E-state index is 13.3. The lowest BCUT2D eigenvalue weighted by molar-refractivity contribution is -0.122. The average molecular weight is 381 g/mol. The number of carbonyl (C=O) groups is 1. The highest BCUT2D eigenvalue weighted by molar-refractivity contribution is 5.83. The molecule has 1 N–H and O–H groups in total. The highest BCUT2D eigenvalue weighted by Gasteiger charge is 2.49. The van der Waals surface area contributed by atoms with Crippen LogP contribution < -0.4 is 15.8 Å². The molecule has 0 spiro atoms. The zero-order valence-corrected chi connectivity index (χ0v) is 16.7. The SMILES string of the molecule is CC(C)NC(=O)Cn1c(C2CC2)nc2ccc(N3CC4C3CN4C)cc2c1=O. The van der Waals surface area contributed by atoms with Crippen molar-refractivity contribution in [3.63, 3.8) is 0 Å². The maximum Gasteiger partial charge on any atom is 0.261 e. The number of nitrogens with one attached hydrogen (secondary N) is 1. The summed E-state index contributed by atoms with van der Waals surface area (Å²) in [4.78, 5) is 35.2. The van der Waals surface area contributed by atoms with Crippen molar-refractivity contribution in [1.82, 2.24) is 19.8 Å². The second-order valence-corrected chi connectivity index (χ2v) is 8.79. The van der Waals surface area contributed by atoms with E-state index in [0.29, 0.717) is 23.4 Å². The van der Waals surface area contributed by atoms with Gasteiger partial charge in [0.25, 0.3) is 5.56 Å². The maximum atomic E-state index is 13.3. The van der Waals surface area contributed by atoms with Crippen LogP contribution in [0.2, 0.25) is 0 Å². The number of fused-ring (bicyclic) bond motifs is 2. The fraction of sp³-hybridized carbons (Fsp3) is 0.571. The van der Waals surface area contributed by atoms with Crippen LogP contribution in [-0.4, -0.2) is 58.6 Å². The van der Waals surface area contributed by atoms with E-state index in [2.05, 4.69) is 28.2 Å². The normalized spacial score (nSPS) is 24.1. The highest BCUT2D eigenvalue weighted by atomic mass is 16.2. The summed E-state index contributed by atoms with van der Waals surface area (Å²) in [5.74, 6) is 0.915. The lowest BCUT2D eigenvalue weighted by Crippen LogP contribution is -2.78. The molecule has 1 saturated carbocycles. The molecule has 0 radical (unpaired) electrons. The number of amides is 1. The molecular formula is C21H27N5O2. The van der Waals surface area contributed by atoms with Crippen molar-refractivity contribution in [2.24, 2.45) is 0 Å². The molecule has 0 bridgehead atoms. The molecule has 3 aliphatic rings. The van der Waals surface area contributed by atoms with Gasteiger partial charge in [-0.3, -0.25) is 19.1 Å². The number of likely N-dealkylation sites (N-methyl/N-ethyl adjacent to an activating group) is 1. The Morgan fingerprint density at radius 2 is 2.04 bits per heavy atom. The third kappa shape index (κ3) is 2.80. The Hall–Kier alpha value is -2.41. The van der Waals surface area contributed by atoms with Crippen molar-refractivity contribution in [3.05, 3.63) is 34.4 Å². The molecule has 2 atom stereocenters. The number of likely N-dealkylation sites (tertiary alicyclic amines) is 1. The summed E-state index contributed by atoms with van der Waals surface area (Å²) < 4.78 is 1.59. The van der Waals surface area contributed by atoms with Crippen LogP contribution in [0, 0.1) is 0 Å². The Bertz CT molecular complexity index is 1010. The molecule has 5 rings (SSSR count). The predicted octanol–water partition coefficient (Wildman–Crippen LogP) is 1.30. The van der Waals surface area contributed by atoms with Gasteiger partial charge in [-0.2, -0.15) is 0 Å². The topological polar surface area (TPSA) is 70.5 Å². The Morgan fingerprint density at radius 3 is 2.64 bits per heavy atom. The molecular weight excluding hydrogens is 354 g/mol. The van der Waals surface area contributed by atoms with Crippen LogP contribution in [0.15, 0.2) is 23.0 Å². The van der Waals surface area contributed by atoms with Crippen LogP contribution in [0.4, 0.5) is 5.69 Å². The summed E-state index contributed by atoms with van der Waals surface area (Å²) >= 11 is 0. The summed E-state index contributed by atoms with van der Waals surface area (Å²) in [5.41, 5.74) is 1.72. The van der Waals surface area contributed by atoms with E-state index in [1.165, 1.54) is 0 Å². The lowest BCUT2D eigenvalue weighted by Gasteiger charge is -2.62. The van der Waals surface area contributed by atoms with Crippen LogP contribution in [-0.2, 0) is 11.3 Å². The Balaban J connectivity index is 1.52. The fourth-order valence-electron chi connectivity index (χ4n) is 4.49. The molecule has 28 heavy (non-hydrogen) atoms. The first-order valence-corrected chi connectivity index (χ1v) is 10.2. The Labute approximate surface area is 164 Å². The van der Waals surface area contributed by atoms with Gasteiger partial charge in [0.15, 0.2) is 0 Å². The number of hydrogen-bond acceptors (Lipinski definition) is 5. The predicted molar refractivity (Wildman–Crippen MR) is 109 cm³/mol. The number of carbonyl (C=O) groups excluding carboxylic acids is 1. The van der Waals surface area contributed by atoms with Crippen LogP contribution in [0.25, 0.3) is 10.9 Å². The summed E-state index contributed by atoms with van der Waals surface area (Å²) in [6.07, 6.45) is 2.07. The van der Waals surface area contributed by atoms with E-state index in [-0.39, 0.29) is 24.1 Å². The molecule has 2 unspecified atom stereocenters. The van der Waals surface area contributed by atoms with Crippen molar-refractivity contribution < 1.29 is 4.79 Å². The van der Waals surface area contributed by atoms with Crippen LogP contribution in [0.5, 0.6) is 0 Å². The van der Waals surface area contributed by atoms with Crippen LogP contribution in [0.3, 0.4) is 0 Å². The van der Waals surface area contributed by atoms with Gasteiger partial charge in [-0.05, 0) is 51.9 Å². The zero-order chi connectivity index (χ0) is 19.6. The van der Waals surface area contributed by atoms with Crippen molar-refractivity contribution in [2.45, 2.75) is 57.3 Å². The van der Waals surface area contributed by atoms with Crippen molar-refractivity contribution in [1.29, 1.82) is 0 Å². The number of hydrogen-bond donors (Lipinski definition) is 1. The molecule has 1 aromatic carbocycles. The van der Waals surface area contributed by atoms with Gasteiger partial charge in [0.05, 0.1) is 16.9 Å². The van der Waals surface area contributed by atoms with E-state index >= 15 is 0 Å². The second kappa shape index (κ2) is 6.30. The van der Waals surface area contributed by atoms with E-state index in [9.17, 15) is 9.59 Å². The van der Waals surface area contributed by atoms with Gasteiger partial charge < -0.3 is 10.2 Å². The number of aromatic nitrogens is 2. The summed E-state index contributed by atoms with van der Waals surface area (Å²) in [6, 6.07) is 7.25. The minimum Gasteiger partial charge on any atom is -0.364 e. The van der Waals surface area contributed by atoms with Gasteiger partial charge in [-0.15, -0.1) is 0 Å². The number of benzene rings is 1. The smallest absolute Gasteiger partial charge is 0.261 e. The molecule has 148 valence electrons. The van der Waals surface area contributed by atoms with Gasteiger partial charge in [-0.1, -0.05) is 0 Å². The van der Waals surface area contributed by atoms with E-state index < -0.39 is 0 Å². The molecule has 1 amide bonds. The van der Waals surface area contributed by atoms with Gasteiger partial charge in [0.1, 0.15) is 12.4 Å². The quantitative estimate of drug-likeness (QED) is 0.845. The molecule has 1 aromatic heterocycles. The number of nitrogens with zero attached hydrogens (tertiary/aromatic N) is 4. The highest BCUT2D eigenvalue weighted by Crippen LogP contribution is 2.40. The third-order valence-electron chi connectivity index (χ3n) is 6.26. The third-order valence-corrected chi connectivity index (χ3v) is 6.26. The molecule has 3 heterocycles. The molecule has 2 aliphatic heterocycles. The minimum absolute atomic E-state index is 0.0369. The van der Waals surface area contributed by atoms with Gasteiger partial charge in [0, 0.05) is 36.8 Å². The zero-order valence-electron chi connectivity index (χ0n) is 16.7. The number of rotatable bonds is 5. The molecule has 7 heteroatoms. The summed E-state index contributed by atoms with van der Waals surface area (Å²) in [5, 5.41) is 3.49. The lowest BCUT2D eigenvalue weighted by atomic mass is 9.85. The Kier molecular flexibility index (Phi) is 3.98. The standard InChI is InChI=1S/C21H27N5O2/c1-12(2)22-19(27)11-26-20(13-4-5-13)23-16-7-6-14(8-15(16)21(26)28)25-10-17-18(25)9-24(17)3/h6-8,12-13,17-18H,4-5,9-11H2,1-3H3,(H,22,27). The van der Waals surface area contributed by atoms with Crippen LogP contribution >= 0.6 is 0 Å². The molecule has 7 nitrogen and oxygen atoms in total. The largest absolute Gasteiger partial charge is 0.364 e. The summed E-state index contributed by atoms with van der Waals surface area (Å²) in [7, 11) is 2.16. The molecule has 3 fully saturated rings. The van der Waals surface area contributed by atoms with Crippen molar-refractivity contribution in [2.75, 3.05) is 25.0 Å². The first kappa shape index (κ1) is 17.7. The monoisotopic (exact) mass is 381 g/mol. The van der Waals surface area contributed by atoms with Gasteiger partial charge in [-0.25, -0.2) is 4.98 Å². The van der Waals surface area contributed by atoms with Crippen molar-refractivity contribution in [3.8, 4) is 0 Å². The van der Waals surface area contributed by atoms with Crippen LogP contribution in [0.1, 0.15) is 38.4 Å². The van der Waals surface area contributed by atoms with E-state index in [4.69, 9.17) is 4.98 Å². The number of piperazine rings is 1. The summed E-state index contributed by atoms with van der Waals surface area (Å²) in [6.45, 7) is 5.96. The fourth-order valence-corrected chi connectivity index (χ4v) is 4.49. The minimum atomic E-state index is -0.139. The van der Waals surface area contributed by atoms with E-state index in [1.807, 2.05) is 26.0 Å². The van der Waals surface area contributed by atoms with E-state index in [0.717, 1.165) is 43.0 Å². The first-order chi connectivity index (χ1) is 13.4. The molecule has 2 aromatic rings. The first-order valence-electron chi connectivity index (χ1n) is 10.2. The van der Waals surface area contributed by atoms with Gasteiger partial charge in [0.2, 0.25) is 5.91 Å². The average Bonchev–Trinajstić information content (AvgIpc) is 3.46. The second-order valence-electron chi connectivity index (χ2n) is 8.79. The van der Waals surface area contributed by atoms with E-state index in [1.54, 1.807) is 4.57 Å². The Morgan fingerprint density at radius 1 is 1.25 bits per heavy atom. The molecule has 1 aliphatic carbocycles. The van der Waals surface area contributed by atoms with Gasteiger partial charge >= 0.3 is 0 Å².